The van der Waals surface area contributed by atoms with Crippen molar-refractivity contribution in [2.75, 3.05) is 33.0 Å². The Morgan fingerprint density at radius 3 is 3.12 bits per heavy atom. The summed E-state index contributed by atoms with van der Waals surface area (Å²) in [7, 11) is 0. The number of hydrogen-bond acceptors (Lipinski definition) is 4. The van der Waals surface area contributed by atoms with Gasteiger partial charge in [-0.25, -0.2) is 0 Å². The van der Waals surface area contributed by atoms with Gasteiger partial charge in [-0.05, 0) is 39.2 Å². The van der Waals surface area contributed by atoms with Crippen LogP contribution in [-0.4, -0.2) is 53.7 Å². The van der Waals surface area contributed by atoms with E-state index >= 15 is 0 Å². The van der Waals surface area contributed by atoms with E-state index in [2.05, 4.69) is 35.8 Å². The molecule has 2 saturated heterocycles. The second kappa shape index (κ2) is 7.67. The number of nitrogens with zero attached hydrogens (tertiary/aromatic N) is 3. The van der Waals surface area contributed by atoms with Gasteiger partial charge < -0.3 is 9.47 Å². The monoisotopic (exact) mass is 357 g/mol. The molecule has 26 heavy (non-hydrogen) atoms. The van der Waals surface area contributed by atoms with Crippen molar-refractivity contribution < 1.29 is 9.47 Å². The third kappa shape index (κ3) is 3.28. The highest BCUT2D eigenvalue weighted by molar-refractivity contribution is 5.24. The summed E-state index contributed by atoms with van der Waals surface area (Å²) in [4.78, 5) is 2.70. The molecule has 4 rings (SSSR count). The van der Waals surface area contributed by atoms with Gasteiger partial charge in [0.2, 0.25) is 0 Å². The molecule has 3 aliphatic rings. The van der Waals surface area contributed by atoms with Gasteiger partial charge in [0, 0.05) is 36.4 Å². The molecule has 0 aliphatic carbocycles. The van der Waals surface area contributed by atoms with Crippen molar-refractivity contribution in [1.29, 1.82) is 0 Å². The van der Waals surface area contributed by atoms with Crippen LogP contribution in [-0.2, 0) is 22.6 Å². The second-order valence-electron chi connectivity index (χ2n) is 7.89. The van der Waals surface area contributed by atoms with Crippen LogP contribution in [0.25, 0.3) is 0 Å². The molecule has 1 aromatic heterocycles. The summed E-state index contributed by atoms with van der Waals surface area (Å²) in [6.45, 7) is 12.2. The summed E-state index contributed by atoms with van der Waals surface area (Å²) in [5.74, 6) is 0. The van der Waals surface area contributed by atoms with E-state index in [1.165, 1.54) is 24.9 Å². The Balaban J connectivity index is 1.58. The quantitative estimate of drug-likeness (QED) is 0.759. The van der Waals surface area contributed by atoms with Gasteiger partial charge in [-0.3, -0.25) is 9.58 Å². The maximum Gasteiger partial charge on any atom is 0.0650 e. The van der Waals surface area contributed by atoms with E-state index in [1.807, 2.05) is 10.8 Å². The normalized spacial score (nSPS) is 29.9. The zero-order valence-corrected chi connectivity index (χ0v) is 16.0. The third-order valence-electron chi connectivity index (χ3n) is 6.38. The molecule has 0 saturated carbocycles. The number of aromatic nitrogens is 2. The van der Waals surface area contributed by atoms with Gasteiger partial charge in [0.25, 0.3) is 0 Å². The van der Waals surface area contributed by atoms with Gasteiger partial charge in [-0.2, -0.15) is 5.10 Å². The predicted molar refractivity (Wildman–Crippen MR) is 102 cm³/mol. The summed E-state index contributed by atoms with van der Waals surface area (Å²) in [6, 6.07) is 0.566. The fraction of sp³-hybridized carbons (Fsp3) is 0.667. The zero-order chi connectivity index (χ0) is 18.0. The molecule has 0 radical (unpaired) electrons. The third-order valence-corrected chi connectivity index (χ3v) is 6.38. The average molecular weight is 357 g/mol. The number of aryl methyl sites for hydroxylation is 1. The molecule has 4 heterocycles. The van der Waals surface area contributed by atoms with Gasteiger partial charge in [0.1, 0.15) is 0 Å². The van der Waals surface area contributed by atoms with Gasteiger partial charge in [0.05, 0.1) is 32.1 Å². The van der Waals surface area contributed by atoms with Crippen LogP contribution in [0.2, 0.25) is 0 Å². The van der Waals surface area contributed by atoms with Crippen molar-refractivity contribution >= 4 is 0 Å². The van der Waals surface area contributed by atoms with Gasteiger partial charge in [-0.1, -0.05) is 17.7 Å². The fourth-order valence-electron chi connectivity index (χ4n) is 5.14. The zero-order valence-electron chi connectivity index (χ0n) is 16.0. The maximum atomic E-state index is 6.02. The molecular formula is C21H31N3O2. The average Bonchev–Trinajstić information content (AvgIpc) is 3.02. The highest BCUT2D eigenvalue weighted by Crippen LogP contribution is 2.48. The van der Waals surface area contributed by atoms with Gasteiger partial charge in [-0.15, -0.1) is 6.58 Å². The van der Waals surface area contributed by atoms with E-state index in [0.717, 1.165) is 58.1 Å². The molecule has 0 spiro atoms. The van der Waals surface area contributed by atoms with Crippen LogP contribution >= 0.6 is 0 Å². The number of hydrogen-bond donors (Lipinski definition) is 0. The predicted octanol–water partition coefficient (Wildman–Crippen LogP) is 3.10. The molecule has 5 heteroatoms. The first kappa shape index (κ1) is 18.0. The number of rotatable bonds is 5. The van der Waals surface area contributed by atoms with Crippen LogP contribution in [0.1, 0.15) is 36.9 Å². The molecule has 0 bridgehead atoms. The van der Waals surface area contributed by atoms with E-state index in [4.69, 9.17) is 9.47 Å². The Kier molecular flexibility index (Phi) is 5.30. The van der Waals surface area contributed by atoms with Crippen molar-refractivity contribution in [3.8, 4) is 0 Å². The minimum absolute atomic E-state index is 0.186. The Morgan fingerprint density at radius 2 is 2.31 bits per heavy atom. The van der Waals surface area contributed by atoms with Crippen LogP contribution in [0.15, 0.2) is 30.5 Å². The standard InChI is InChI=1S/C21H31N3O2/c1-3-9-24-15-18(17(2)22-24)14-23-10-4-8-21(16-26-13-7-20(21)23)19-5-11-25-12-6-19/h3,5,15,20H,1,4,6-14,16H2,2H3/t20-,21-/m0/s1. The molecule has 0 N–H and O–H groups in total. The molecule has 5 nitrogen and oxygen atoms in total. The summed E-state index contributed by atoms with van der Waals surface area (Å²) < 4.78 is 13.6. The van der Waals surface area contributed by atoms with Crippen molar-refractivity contribution in [2.24, 2.45) is 5.41 Å². The van der Waals surface area contributed by atoms with Crippen LogP contribution in [0.3, 0.4) is 0 Å². The minimum atomic E-state index is 0.186. The number of piperidine rings is 1. The van der Waals surface area contributed by atoms with Crippen LogP contribution in [0.4, 0.5) is 0 Å². The lowest BCUT2D eigenvalue weighted by Gasteiger charge is -2.54. The van der Waals surface area contributed by atoms with Crippen molar-refractivity contribution in [2.45, 2.75) is 51.7 Å². The number of allylic oxidation sites excluding steroid dienone is 1. The van der Waals surface area contributed by atoms with Crippen molar-refractivity contribution in [1.82, 2.24) is 14.7 Å². The first-order chi connectivity index (χ1) is 12.7. The van der Waals surface area contributed by atoms with Crippen LogP contribution in [0.5, 0.6) is 0 Å². The lowest BCUT2D eigenvalue weighted by Crippen LogP contribution is -2.57. The van der Waals surface area contributed by atoms with Crippen molar-refractivity contribution in [3.63, 3.8) is 0 Å². The molecule has 0 unspecified atom stereocenters. The summed E-state index contributed by atoms with van der Waals surface area (Å²) in [6.07, 6.45) is 11.1. The first-order valence-electron chi connectivity index (χ1n) is 9.96. The SMILES string of the molecule is C=CCn1cc(CN2CCC[C@@]3(C4=CCOCC4)COCC[C@H]23)c(C)n1. The largest absolute Gasteiger partial charge is 0.380 e. The molecule has 2 fully saturated rings. The molecule has 0 amide bonds. The number of ether oxygens (including phenoxy) is 2. The van der Waals surface area contributed by atoms with E-state index < -0.39 is 0 Å². The Hall–Kier alpha value is -1.43. The van der Waals surface area contributed by atoms with Crippen LogP contribution < -0.4 is 0 Å². The summed E-state index contributed by atoms with van der Waals surface area (Å²) in [5, 5.41) is 4.64. The Bertz CT molecular complexity index is 677. The lowest BCUT2D eigenvalue weighted by atomic mass is 9.65. The maximum absolute atomic E-state index is 6.02. The van der Waals surface area contributed by atoms with E-state index in [1.54, 1.807) is 5.57 Å². The highest BCUT2D eigenvalue weighted by atomic mass is 16.5. The summed E-state index contributed by atoms with van der Waals surface area (Å²) in [5.41, 5.74) is 4.25. The first-order valence-corrected chi connectivity index (χ1v) is 9.96. The van der Waals surface area contributed by atoms with Crippen molar-refractivity contribution in [3.05, 3.63) is 41.8 Å². The molecule has 3 aliphatic heterocycles. The topological polar surface area (TPSA) is 39.5 Å². The molecule has 2 atom stereocenters. The summed E-state index contributed by atoms with van der Waals surface area (Å²) >= 11 is 0. The smallest absolute Gasteiger partial charge is 0.0650 e. The molecule has 142 valence electrons. The molecular weight excluding hydrogens is 326 g/mol. The Morgan fingerprint density at radius 1 is 1.38 bits per heavy atom. The van der Waals surface area contributed by atoms with E-state index in [9.17, 15) is 0 Å². The van der Waals surface area contributed by atoms with Gasteiger partial charge >= 0.3 is 0 Å². The minimum Gasteiger partial charge on any atom is -0.380 e. The van der Waals surface area contributed by atoms with Gasteiger partial charge in [0.15, 0.2) is 0 Å². The van der Waals surface area contributed by atoms with E-state index in [-0.39, 0.29) is 5.41 Å². The molecule has 1 aromatic rings. The highest BCUT2D eigenvalue weighted by Gasteiger charge is 2.49. The fourth-order valence-corrected chi connectivity index (χ4v) is 5.14. The van der Waals surface area contributed by atoms with E-state index in [0.29, 0.717) is 6.04 Å². The lowest BCUT2D eigenvalue weighted by molar-refractivity contribution is -0.0874. The number of likely N-dealkylation sites (tertiary alicyclic amines) is 1. The second-order valence-corrected chi connectivity index (χ2v) is 7.89. The number of fused-ring (bicyclic) bond motifs is 1. The molecule has 0 aromatic carbocycles. The Labute approximate surface area is 156 Å². The van der Waals surface area contributed by atoms with Crippen LogP contribution in [0, 0.1) is 12.3 Å².